The van der Waals surface area contributed by atoms with Crippen LogP contribution in [-0.2, 0) is 10.0 Å². The van der Waals surface area contributed by atoms with Gasteiger partial charge in [0.25, 0.3) is 10.0 Å². The third kappa shape index (κ3) is 2.70. The standard InChI is InChI=1S/C14H19N3O2S/c1-9(2)12-7-5-6-8-13(12)17-20(18,19)14-10(3)15-16-11(14)4/h5-9,17H,1-4H3,(H,15,16). The zero-order chi connectivity index (χ0) is 14.9. The highest BCUT2D eigenvalue weighted by Gasteiger charge is 2.23. The molecule has 0 saturated heterocycles. The summed E-state index contributed by atoms with van der Waals surface area (Å²) in [5.41, 5.74) is 2.59. The molecule has 5 nitrogen and oxygen atoms in total. The maximum Gasteiger partial charge on any atom is 0.265 e. The van der Waals surface area contributed by atoms with E-state index in [1.165, 1.54) is 0 Å². The van der Waals surface area contributed by atoms with Crippen molar-refractivity contribution in [2.24, 2.45) is 0 Å². The molecular formula is C14H19N3O2S. The molecule has 1 heterocycles. The van der Waals surface area contributed by atoms with Crippen molar-refractivity contribution in [1.29, 1.82) is 0 Å². The van der Waals surface area contributed by atoms with Gasteiger partial charge in [0.2, 0.25) is 0 Å². The lowest BCUT2D eigenvalue weighted by atomic mass is 10.0. The first-order chi connectivity index (χ1) is 9.33. The molecule has 0 fully saturated rings. The quantitative estimate of drug-likeness (QED) is 0.910. The van der Waals surface area contributed by atoms with Gasteiger partial charge in [-0.05, 0) is 31.4 Å². The van der Waals surface area contributed by atoms with Gasteiger partial charge in [0.15, 0.2) is 0 Å². The number of nitrogens with zero attached hydrogens (tertiary/aromatic N) is 1. The van der Waals surface area contributed by atoms with Gasteiger partial charge in [0, 0.05) is 0 Å². The molecule has 2 aromatic rings. The topological polar surface area (TPSA) is 74.8 Å². The molecule has 0 unspecified atom stereocenters. The van der Waals surface area contributed by atoms with E-state index in [0.29, 0.717) is 17.1 Å². The summed E-state index contributed by atoms with van der Waals surface area (Å²) >= 11 is 0. The minimum Gasteiger partial charge on any atom is -0.281 e. The van der Waals surface area contributed by atoms with Crippen LogP contribution < -0.4 is 4.72 Å². The number of benzene rings is 1. The molecule has 108 valence electrons. The molecule has 1 aromatic heterocycles. The number of anilines is 1. The van der Waals surface area contributed by atoms with E-state index in [1.807, 2.05) is 32.0 Å². The van der Waals surface area contributed by atoms with Crippen LogP contribution >= 0.6 is 0 Å². The second-order valence-electron chi connectivity index (χ2n) is 5.11. The molecule has 1 aromatic carbocycles. The van der Waals surface area contributed by atoms with E-state index in [-0.39, 0.29) is 10.8 Å². The molecule has 0 aliphatic heterocycles. The number of sulfonamides is 1. The van der Waals surface area contributed by atoms with Gasteiger partial charge in [-0.25, -0.2) is 8.42 Å². The summed E-state index contributed by atoms with van der Waals surface area (Å²) in [6.07, 6.45) is 0. The summed E-state index contributed by atoms with van der Waals surface area (Å²) in [5.74, 6) is 0.237. The Bertz CT molecular complexity index is 698. The van der Waals surface area contributed by atoms with Crippen LogP contribution in [0.15, 0.2) is 29.2 Å². The average molecular weight is 293 g/mol. The normalized spacial score (nSPS) is 11.8. The fourth-order valence-electron chi connectivity index (χ4n) is 2.23. The van der Waals surface area contributed by atoms with Crippen LogP contribution in [0.25, 0.3) is 0 Å². The number of aromatic amines is 1. The molecule has 2 N–H and O–H groups in total. The number of rotatable bonds is 4. The molecule has 2 rings (SSSR count). The van der Waals surface area contributed by atoms with Gasteiger partial charge in [-0.3, -0.25) is 9.82 Å². The Morgan fingerprint density at radius 3 is 2.40 bits per heavy atom. The van der Waals surface area contributed by atoms with Crippen LogP contribution in [0.5, 0.6) is 0 Å². The second-order valence-corrected chi connectivity index (χ2v) is 6.73. The van der Waals surface area contributed by atoms with E-state index in [2.05, 4.69) is 14.9 Å². The Hall–Kier alpha value is -1.82. The number of H-pyrrole nitrogens is 1. The minimum absolute atomic E-state index is 0.219. The SMILES string of the molecule is Cc1n[nH]c(C)c1S(=O)(=O)Nc1ccccc1C(C)C. The van der Waals surface area contributed by atoms with E-state index < -0.39 is 10.0 Å². The van der Waals surface area contributed by atoms with Gasteiger partial charge in [-0.1, -0.05) is 32.0 Å². The van der Waals surface area contributed by atoms with Gasteiger partial charge in [-0.15, -0.1) is 0 Å². The monoisotopic (exact) mass is 293 g/mol. The number of aromatic nitrogens is 2. The van der Waals surface area contributed by atoms with Crippen LogP contribution in [0.4, 0.5) is 5.69 Å². The largest absolute Gasteiger partial charge is 0.281 e. The molecular weight excluding hydrogens is 274 g/mol. The summed E-state index contributed by atoms with van der Waals surface area (Å²) in [7, 11) is -3.63. The number of aryl methyl sites for hydroxylation is 2. The van der Waals surface area contributed by atoms with Crippen LogP contribution in [0.2, 0.25) is 0 Å². The maximum atomic E-state index is 12.5. The summed E-state index contributed by atoms with van der Waals surface area (Å²) in [6.45, 7) is 7.43. The molecule has 0 saturated carbocycles. The van der Waals surface area contributed by atoms with Crippen LogP contribution in [0.1, 0.15) is 36.7 Å². The molecule has 0 radical (unpaired) electrons. The first kappa shape index (κ1) is 14.6. The lowest BCUT2D eigenvalue weighted by Crippen LogP contribution is -2.16. The molecule has 0 aliphatic rings. The lowest BCUT2D eigenvalue weighted by Gasteiger charge is -2.14. The highest BCUT2D eigenvalue weighted by Crippen LogP contribution is 2.27. The third-order valence-electron chi connectivity index (χ3n) is 3.16. The highest BCUT2D eigenvalue weighted by atomic mass is 32.2. The number of hydrogen-bond acceptors (Lipinski definition) is 3. The summed E-state index contributed by atoms with van der Waals surface area (Å²) in [5, 5.41) is 6.63. The molecule has 0 aliphatic carbocycles. The molecule has 20 heavy (non-hydrogen) atoms. The second kappa shape index (κ2) is 5.28. The molecule has 0 atom stereocenters. The van der Waals surface area contributed by atoms with E-state index in [9.17, 15) is 8.42 Å². The number of nitrogens with one attached hydrogen (secondary N) is 2. The van der Waals surface area contributed by atoms with Crippen molar-refractivity contribution in [3.63, 3.8) is 0 Å². The van der Waals surface area contributed by atoms with Gasteiger partial charge < -0.3 is 0 Å². The summed E-state index contributed by atoms with van der Waals surface area (Å²) < 4.78 is 27.7. The van der Waals surface area contributed by atoms with Crippen LogP contribution in [-0.4, -0.2) is 18.6 Å². The fraction of sp³-hybridized carbons (Fsp3) is 0.357. The van der Waals surface area contributed by atoms with Crippen molar-refractivity contribution in [3.05, 3.63) is 41.2 Å². The molecule has 0 amide bonds. The zero-order valence-corrected chi connectivity index (χ0v) is 12.9. The van der Waals surface area contributed by atoms with Crippen molar-refractivity contribution in [3.8, 4) is 0 Å². The Balaban J connectivity index is 2.45. The Morgan fingerprint density at radius 1 is 1.20 bits per heavy atom. The Kier molecular flexibility index (Phi) is 3.85. The molecule has 0 spiro atoms. The third-order valence-corrected chi connectivity index (χ3v) is 4.78. The van der Waals surface area contributed by atoms with E-state index >= 15 is 0 Å². The van der Waals surface area contributed by atoms with Gasteiger partial charge in [0.1, 0.15) is 4.90 Å². The Labute approximate surface area is 119 Å². The van der Waals surface area contributed by atoms with Crippen LogP contribution in [0, 0.1) is 13.8 Å². The molecule has 6 heteroatoms. The Morgan fingerprint density at radius 2 is 1.85 bits per heavy atom. The maximum absolute atomic E-state index is 12.5. The zero-order valence-electron chi connectivity index (χ0n) is 12.1. The number of para-hydroxylation sites is 1. The lowest BCUT2D eigenvalue weighted by molar-refractivity contribution is 0.600. The predicted octanol–water partition coefficient (Wildman–Crippen LogP) is 2.95. The predicted molar refractivity (Wildman–Crippen MR) is 79.4 cm³/mol. The average Bonchev–Trinajstić information content (AvgIpc) is 2.69. The van der Waals surface area contributed by atoms with Crippen molar-refractivity contribution in [2.75, 3.05) is 4.72 Å². The molecule has 0 bridgehead atoms. The van der Waals surface area contributed by atoms with Gasteiger partial charge in [-0.2, -0.15) is 5.10 Å². The van der Waals surface area contributed by atoms with Gasteiger partial charge in [0.05, 0.1) is 17.1 Å². The van der Waals surface area contributed by atoms with Crippen molar-refractivity contribution < 1.29 is 8.42 Å². The smallest absolute Gasteiger partial charge is 0.265 e. The number of hydrogen-bond donors (Lipinski definition) is 2. The van der Waals surface area contributed by atoms with Crippen LogP contribution in [0.3, 0.4) is 0 Å². The van der Waals surface area contributed by atoms with Crippen molar-refractivity contribution >= 4 is 15.7 Å². The fourth-order valence-corrected chi connectivity index (χ4v) is 3.69. The first-order valence-electron chi connectivity index (χ1n) is 6.46. The highest BCUT2D eigenvalue weighted by molar-refractivity contribution is 7.92. The summed E-state index contributed by atoms with van der Waals surface area (Å²) in [6, 6.07) is 7.43. The van der Waals surface area contributed by atoms with Gasteiger partial charge >= 0.3 is 0 Å². The minimum atomic E-state index is -3.63. The summed E-state index contributed by atoms with van der Waals surface area (Å²) in [4.78, 5) is 0.219. The van der Waals surface area contributed by atoms with Crippen molar-refractivity contribution in [2.45, 2.75) is 38.5 Å². The van der Waals surface area contributed by atoms with E-state index in [0.717, 1.165) is 5.56 Å². The van der Waals surface area contributed by atoms with E-state index in [4.69, 9.17) is 0 Å². The van der Waals surface area contributed by atoms with E-state index in [1.54, 1.807) is 19.9 Å². The van der Waals surface area contributed by atoms with Crippen molar-refractivity contribution in [1.82, 2.24) is 10.2 Å². The first-order valence-corrected chi connectivity index (χ1v) is 7.94.